The molecule has 4 rings (SSSR count). The molecule has 0 radical (unpaired) electrons. The van der Waals surface area contributed by atoms with Gasteiger partial charge in [0.25, 0.3) is 5.91 Å². The first-order valence-corrected chi connectivity index (χ1v) is 9.38. The van der Waals surface area contributed by atoms with E-state index in [1.54, 1.807) is 30.5 Å². The Morgan fingerprint density at radius 1 is 1.11 bits per heavy atom. The first-order chi connectivity index (χ1) is 13.0. The summed E-state index contributed by atoms with van der Waals surface area (Å²) >= 11 is 12.1. The maximum Gasteiger partial charge on any atom is 0.257 e. The van der Waals surface area contributed by atoms with Crippen molar-refractivity contribution in [3.8, 4) is 0 Å². The number of likely N-dealkylation sites (tertiary alicyclic amines) is 1. The smallest absolute Gasteiger partial charge is 0.257 e. The second kappa shape index (κ2) is 7.33. The molecule has 0 saturated carbocycles. The molecule has 1 saturated heterocycles. The highest BCUT2D eigenvalue weighted by atomic mass is 35.5. The molecule has 0 atom stereocenters. The average Bonchev–Trinajstić information content (AvgIpc) is 3.19. The highest BCUT2D eigenvalue weighted by Crippen LogP contribution is 2.33. The minimum atomic E-state index is -0.502. The molecule has 2 aromatic carbocycles. The lowest BCUT2D eigenvalue weighted by Gasteiger charge is -2.19. The lowest BCUT2D eigenvalue weighted by atomic mass is 10.1. The average molecular weight is 404 g/mol. The summed E-state index contributed by atoms with van der Waals surface area (Å²) in [6.45, 7) is 1.46. The Balaban J connectivity index is 1.85. The molecular weight excluding hydrogens is 388 g/mol. The van der Waals surface area contributed by atoms with Gasteiger partial charge in [-0.3, -0.25) is 9.78 Å². The van der Waals surface area contributed by atoms with Crippen LogP contribution in [-0.4, -0.2) is 28.9 Å². The number of carbonyl (C=O) groups excluding carboxylic acids is 1. The molecule has 7 heteroatoms. The molecule has 0 bridgehead atoms. The SMILES string of the molecule is O=C(c1cnc2ccc(Cl)cc2c1Nc1ccc(F)c(Cl)c1)N1CCCC1. The van der Waals surface area contributed by atoms with Crippen LogP contribution in [0.25, 0.3) is 10.9 Å². The van der Waals surface area contributed by atoms with Gasteiger partial charge >= 0.3 is 0 Å². The van der Waals surface area contributed by atoms with Crippen LogP contribution < -0.4 is 5.32 Å². The van der Waals surface area contributed by atoms with Gasteiger partial charge in [0.05, 0.1) is 21.8 Å². The van der Waals surface area contributed by atoms with Gasteiger partial charge in [0.1, 0.15) is 5.82 Å². The van der Waals surface area contributed by atoms with Gasteiger partial charge in [-0.25, -0.2) is 4.39 Å². The summed E-state index contributed by atoms with van der Waals surface area (Å²) in [4.78, 5) is 19.3. The first-order valence-electron chi connectivity index (χ1n) is 8.62. The van der Waals surface area contributed by atoms with E-state index in [4.69, 9.17) is 23.2 Å². The maximum absolute atomic E-state index is 13.5. The van der Waals surface area contributed by atoms with Crippen LogP contribution >= 0.6 is 23.2 Å². The Kier molecular flexibility index (Phi) is 4.89. The third-order valence-electron chi connectivity index (χ3n) is 4.64. The van der Waals surface area contributed by atoms with Crippen LogP contribution in [0.2, 0.25) is 10.0 Å². The van der Waals surface area contributed by atoms with Gasteiger partial charge in [-0.1, -0.05) is 23.2 Å². The van der Waals surface area contributed by atoms with E-state index < -0.39 is 5.82 Å². The number of amides is 1. The van der Waals surface area contributed by atoms with E-state index in [9.17, 15) is 9.18 Å². The van der Waals surface area contributed by atoms with Crippen LogP contribution in [0.15, 0.2) is 42.6 Å². The summed E-state index contributed by atoms with van der Waals surface area (Å²) in [6, 6.07) is 9.64. The lowest BCUT2D eigenvalue weighted by molar-refractivity contribution is 0.0793. The van der Waals surface area contributed by atoms with Gasteiger partial charge in [-0.15, -0.1) is 0 Å². The first kappa shape index (κ1) is 18.0. The molecular formula is C20H16Cl2FN3O. The fourth-order valence-electron chi connectivity index (χ4n) is 3.27. The summed E-state index contributed by atoms with van der Waals surface area (Å²) in [5.41, 5.74) is 2.31. The molecule has 27 heavy (non-hydrogen) atoms. The third-order valence-corrected chi connectivity index (χ3v) is 5.17. The number of fused-ring (bicyclic) bond motifs is 1. The number of carbonyl (C=O) groups is 1. The van der Waals surface area contributed by atoms with Gasteiger partial charge < -0.3 is 10.2 Å². The summed E-state index contributed by atoms with van der Waals surface area (Å²) in [7, 11) is 0. The topological polar surface area (TPSA) is 45.2 Å². The van der Waals surface area contributed by atoms with Crippen molar-refractivity contribution in [2.75, 3.05) is 18.4 Å². The summed E-state index contributed by atoms with van der Waals surface area (Å²) in [6.07, 6.45) is 3.56. The number of nitrogens with zero attached hydrogens (tertiary/aromatic N) is 2. The molecule has 0 aliphatic carbocycles. The van der Waals surface area contributed by atoms with E-state index in [-0.39, 0.29) is 10.9 Å². The highest BCUT2D eigenvalue weighted by molar-refractivity contribution is 6.32. The van der Waals surface area contributed by atoms with E-state index in [2.05, 4.69) is 10.3 Å². The van der Waals surface area contributed by atoms with Gasteiger partial charge in [0.2, 0.25) is 0 Å². The molecule has 1 aliphatic heterocycles. The highest BCUT2D eigenvalue weighted by Gasteiger charge is 2.24. The molecule has 1 aliphatic rings. The van der Waals surface area contributed by atoms with Crippen molar-refractivity contribution in [3.05, 3.63) is 64.0 Å². The van der Waals surface area contributed by atoms with Crippen molar-refractivity contribution in [1.29, 1.82) is 0 Å². The van der Waals surface area contributed by atoms with Crippen molar-refractivity contribution in [3.63, 3.8) is 0 Å². The minimum Gasteiger partial charge on any atom is -0.354 e. The number of hydrogen-bond acceptors (Lipinski definition) is 3. The van der Waals surface area contributed by atoms with Crippen LogP contribution in [0.1, 0.15) is 23.2 Å². The maximum atomic E-state index is 13.5. The number of anilines is 2. The quantitative estimate of drug-likeness (QED) is 0.613. The number of halogens is 3. The van der Waals surface area contributed by atoms with E-state index in [0.717, 1.165) is 25.9 Å². The summed E-state index contributed by atoms with van der Waals surface area (Å²) < 4.78 is 13.5. The van der Waals surface area contributed by atoms with Crippen LogP contribution in [0.4, 0.5) is 15.8 Å². The molecule has 1 amide bonds. The second-order valence-electron chi connectivity index (χ2n) is 6.46. The summed E-state index contributed by atoms with van der Waals surface area (Å²) in [5, 5.41) is 4.47. The Morgan fingerprint density at radius 2 is 1.89 bits per heavy atom. The van der Waals surface area contributed by atoms with Crippen LogP contribution in [0.5, 0.6) is 0 Å². The predicted octanol–water partition coefficient (Wildman–Crippen LogP) is 5.66. The molecule has 1 aromatic heterocycles. The molecule has 0 unspecified atom stereocenters. The van der Waals surface area contributed by atoms with Crippen LogP contribution in [-0.2, 0) is 0 Å². The van der Waals surface area contributed by atoms with Crippen molar-refractivity contribution in [2.24, 2.45) is 0 Å². The number of pyridine rings is 1. The lowest BCUT2D eigenvalue weighted by Crippen LogP contribution is -2.28. The Labute approximate surface area is 165 Å². The van der Waals surface area contributed by atoms with Gasteiger partial charge in [0, 0.05) is 35.4 Å². The zero-order chi connectivity index (χ0) is 19.0. The van der Waals surface area contributed by atoms with E-state index in [0.29, 0.717) is 32.9 Å². The van der Waals surface area contributed by atoms with Crippen molar-refractivity contribution in [1.82, 2.24) is 9.88 Å². The molecule has 0 spiro atoms. The normalized spacial score (nSPS) is 14.0. The fourth-order valence-corrected chi connectivity index (χ4v) is 3.62. The predicted molar refractivity (Wildman–Crippen MR) is 107 cm³/mol. The Morgan fingerprint density at radius 3 is 2.63 bits per heavy atom. The van der Waals surface area contributed by atoms with E-state index >= 15 is 0 Å². The molecule has 1 N–H and O–H groups in total. The third kappa shape index (κ3) is 3.57. The van der Waals surface area contributed by atoms with E-state index in [1.165, 1.54) is 12.1 Å². The largest absolute Gasteiger partial charge is 0.354 e. The number of aromatic nitrogens is 1. The molecule has 138 valence electrons. The zero-order valence-electron chi connectivity index (χ0n) is 14.3. The molecule has 2 heterocycles. The van der Waals surface area contributed by atoms with Crippen LogP contribution in [0, 0.1) is 5.82 Å². The van der Waals surface area contributed by atoms with Gasteiger partial charge in [0.15, 0.2) is 0 Å². The Hall–Kier alpha value is -2.37. The number of nitrogens with one attached hydrogen (secondary N) is 1. The number of benzene rings is 2. The fraction of sp³-hybridized carbons (Fsp3) is 0.200. The van der Waals surface area contributed by atoms with Gasteiger partial charge in [-0.2, -0.15) is 0 Å². The van der Waals surface area contributed by atoms with Crippen LogP contribution in [0.3, 0.4) is 0 Å². The van der Waals surface area contributed by atoms with Crippen molar-refractivity contribution in [2.45, 2.75) is 12.8 Å². The van der Waals surface area contributed by atoms with Crippen molar-refractivity contribution < 1.29 is 9.18 Å². The summed E-state index contributed by atoms with van der Waals surface area (Å²) in [5.74, 6) is -0.587. The molecule has 1 fully saturated rings. The molecule has 3 aromatic rings. The monoisotopic (exact) mass is 403 g/mol. The zero-order valence-corrected chi connectivity index (χ0v) is 15.8. The van der Waals surface area contributed by atoms with Gasteiger partial charge in [-0.05, 0) is 49.2 Å². The van der Waals surface area contributed by atoms with E-state index in [1.807, 2.05) is 4.90 Å². The molecule has 4 nitrogen and oxygen atoms in total. The minimum absolute atomic E-state index is 0.00353. The standard InChI is InChI=1S/C20H16Cl2FN3O/c21-12-3-6-18-14(9-12)19(25-13-4-5-17(23)16(22)10-13)15(11-24-18)20(27)26-7-1-2-8-26/h3-6,9-11H,1-2,7-8H2,(H,24,25). The Bertz CT molecular complexity index is 1040. The van der Waals surface area contributed by atoms with Crippen molar-refractivity contribution >= 4 is 51.4 Å². The second-order valence-corrected chi connectivity index (χ2v) is 7.31. The number of hydrogen-bond donors (Lipinski definition) is 1. The number of rotatable bonds is 3.